The Morgan fingerprint density at radius 2 is 1.62 bits per heavy atom. The van der Waals surface area contributed by atoms with Gasteiger partial charge in [-0.1, -0.05) is 6.58 Å². The number of aliphatic hydroxyl groups is 6. The van der Waals surface area contributed by atoms with E-state index in [1.807, 2.05) is 0 Å². The van der Waals surface area contributed by atoms with E-state index in [-0.39, 0.29) is 0 Å². The molecule has 0 bridgehead atoms. The Labute approximate surface area is 90.6 Å². The Bertz CT molecular complexity index is 234. The van der Waals surface area contributed by atoms with Crippen molar-refractivity contribution in [1.29, 1.82) is 0 Å². The molecule has 6 N–H and O–H groups in total. The van der Waals surface area contributed by atoms with Crippen LogP contribution in [0.4, 0.5) is 0 Å². The smallest absolute Gasteiger partial charge is 0.330 e. The van der Waals surface area contributed by atoms with Gasteiger partial charge in [-0.05, 0) is 6.42 Å². The van der Waals surface area contributed by atoms with E-state index in [0.29, 0.717) is 0 Å². The maximum Gasteiger partial charge on any atom is 0.330 e. The Balaban J connectivity index is 4.37. The van der Waals surface area contributed by atoms with Gasteiger partial charge in [0.25, 0.3) is 11.9 Å². The molecule has 0 aromatic rings. The molecule has 8 nitrogen and oxygen atoms in total. The molecule has 0 aliphatic carbocycles. The van der Waals surface area contributed by atoms with Crippen molar-refractivity contribution in [2.75, 3.05) is 6.61 Å². The number of carbonyl (C=O) groups is 1. The molecule has 8 heteroatoms. The van der Waals surface area contributed by atoms with Crippen molar-refractivity contribution < 1.29 is 40.2 Å². The van der Waals surface area contributed by atoms with E-state index in [9.17, 15) is 4.79 Å². The number of hydrogen-bond acceptors (Lipinski definition) is 8. The van der Waals surface area contributed by atoms with Crippen LogP contribution in [0.3, 0.4) is 0 Å². The monoisotopic (exact) mass is 238 g/mol. The third-order valence-corrected chi connectivity index (χ3v) is 1.75. The van der Waals surface area contributed by atoms with Crippen molar-refractivity contribution in [3.8, 4) is 0 Å². The molecule has 0 aromatic heterocycles. The summed E-state index contributed by atoms with van der Waals surface area (Å²) < 4.78 is 4.39. The zero-order valence-electron chi connectivity index (χ0n) is 8.28. The fourth-order valence-corrected chi connectivity index (χ4v) is 0.983. The van der Waals surface area contributed by atoms with Crippen molar-refractivity contribution in [2.24, 2.45) is 5.92 Å². The minimum Gasteiger partial charge on any atom is -0.463 e. The summed E-state index contributed by atoms with van der Waals surface area (Å²) in [6.07, 6.45) is 0.232. The van der Waals surface area contributed by atoms with E-state index >= 15 is 0 Å². The van der Waals surface area contributed by atoms with Gasteiger partial charge in [-0.15, -0.1) is 0 Å². The van der Waals surface area contributed by atoms with Gasteiger partial charge >= 0.3 is 5.97 Å². The third kappa shape index (κ3) is 5.16. The highest BCUT2D eigenvalue weighted by Crippen LogP contribution is 2.24. The minimum absolute atomic E-state index is 0.484. The zero-order valence-corrected chi connectivity index (χ0v) is 8.28. The normalized spacial score (nSPS) is 12.7. The lowest BCUT2D eigenvalue weighted by Crippen LogP contribution is -2.52. The SMILES string of the molecule is C=CC(=O)OCCC(C(O)(O)O)C(O)(O)O. The zero-order chi connectivity index (χ0) is 13.0. The summed E-state index contributed by atoms with van der Waals surface area (Å²) in [6, 6.07) is 0. The van der Waals surface area contributed by atoms with Crippen LogP contribution in [0.15, 0.2) is 12.7 Å². The summed E-state index contributed by atoms with van der Waals surface area (Å²) in [5.74, 6) is -10.0. The Kier molecular flexibility index (Phi) is 5.00. The second-order valence-electron chi connectivity index (χ2n) is 3.09. The number of rotatable bonds is 6. The summed E-state index contributed by atoms with van der Waals surface area (Å²) in [5.41, 5.74) is 0. The lowest BCUT2D eigenvalue weighted by Gasteiger charge is -2.31. The van der Waals surface area contributed by atoms with Gasteiger partial charge in [0.05, 0.1) is 6.61 Å². The molecule has 0 amide bonds. The highest BCUT2D eigenvalue weighted by Gasteiger charge is 2.46. The van der Waals surface area contributed by atoms with Crippen LogP contribution < -0.4 is 0 Å². The number of hydrogen-bond donors (Lipinski definition) is 6. The highest BCUT2D eigenvalue weighted by atomic mass is 16.7. The lowest BCUT2D eigenvalue weighted by atomic mass is 10.0. The largest absolute Gasteiger partial charge is 0.463 e. The predicted molar refractivity (Wildman–Crippen MR) is 48.0 cm³/mol. The molecule has 0 rings (SSSR count). The van der Waals surface area contributed by atoms with Gasteiger partial charge in [0.1, 0.15) is 5.92 Å². The van der Waals surface area contributed by atoms with Gasteiger partial charge in [0, 0.05) is 6.08 Å². The molecule has 0 saturated heterocycles. The maximum absolute atomic E-state index is 10.6. The van der Waals surface area contributed by atoms with Crippen LogP contribution in [0.2, 0.25) is 0 Å². The van der Waals surface area contributed by atoms with Crippen LogP contribution in [0.5, 0.6) is 0 Å². The van der Waals surface area contributed by atoms with Gasteiger partial charge < -0.3 is 35.4 Å². The van der Waals surface area contributed by atoms with Gasteiger partial charge in [0.15, 0.2) is 0 Å². The van der Waals surface area contributed by atoms with E-state index in [0.717, 1.165) is 6.08 Å². The third-order valence-electron chi connectivity index (χ3n) is 1.75. The van der Waals surface area contributed by atoms with Crippen LogP contribution in [-0.4, -0.2) is 55.2 Å². The lowest BCUT2D eigenvalue weighted by molar-refractivity contribution is -0.440. The summed E-state index contributed by atoms with van der Waals surface area (Å²) in [7, 11) is 0. The first-order valence-electron chi connectivity index (χ1n) is 4.22. The van der Waals surface area contributed by atoms with E-state index in [1.165, 1.54) is 0 Å². The van der Waals surface area contributed by atoms with Gasteiger partial charge in [-0.3, -0.25) is 0 Å². The number of esters is 1. The van der Waals surface area contributed by atoms with Crippen LogP contribution >= 0.6 is 0 Å². The quantitative estimate of drug-likeness (QED) is 0.163. The Morgan fingerprint density at radius 3 is 1.94 bits per heavy atom. The van der Waals surface area contributed by atoms with Crippen molar-refractivity contribution in [1.82, 2.24) is 0 Å². The number of ether oxygens (including phenoxy) is 1. The number of carbonyl (C=O) groups excluding carboxylic acids is 1. The van der Waals surface area contributed by atoms with Crippen molar-refractivity contribution >= 4 is 5.97 Å². The van der Waals surface area contributed by atoms with Gasteiger partial charge in [0.2, 0.25) is 0 Å². The first kappa shape index (κ1) is 15.0. The Morgan fingerprint density at radius 1 is 1.19 bits per heavy atom. The van der Waals surface area contributed by atoms with Crippen LogP contribution in [0.25, 0.3) is 0 Å². The van der Waals surface area contributed by atoms with Crippen molar-refractivity contribution in [3.63, 3.8) is 0 Å². The molecule has 0 atom stereocenters. The average Bonchev–Trinajstić information content (AvgIpc) is 2.07. The van der Waals surface area contributed by atoms with Crippen molar-refractivity contribution in [2.45, 2.75) is 18.4 Å². The van der Waals surface area contributed by atoms with E-state index < -0.39 is 36.9 Å². The summed E-state index contributed by atoms with van der Waals surface area (Å²) in [4.78, 5) is 10.6. The predicted octanol–water partition coefficient (Wildman–Crippen LogP) is -3.02. The maximum atomic E-state index is 10.6. The topological polar surface area (TPSA) is 148 Å². The second-order valence-corrected chi connectivity index (χ2v) is 3.09. The van der Waals surface area contributed by atoms with E-state index in [4.69, 9.17) is 30.6 Å². The summed E-state index contributed by atoms with van der Waals surface area (Å²) in [6.45, 7) is 2.60. The molecule has 16 heavy (non-hydrogen) atoms. The highest BCUT2D eigenvalue weighted by molar-refractivity contribution is 5.81. The first-order chi connectivity index (χ1) is 7.09. The molecular formula is C8H14O8. The van der Waals surface area contributed by atoms with Crippen LogP contribution in [0, 0.1) is 5.92 Å². The van der Waals surface area contributed by atoms with E-state index in [2.05, 4.69) is 11.3 Å². The fourth-order valence-electron chi connectivity index (χ4n) is 0.983. The molecular weight excluding hydrogens is 224 g/mol. The molecule has 0 fully saturated rings. The fraction of sp³-hybridized carbons (Fsp3) is 0.625. The molecule has 0 unspecified atom stereocenters. The first-order valence-corrected chi connectivity index (χ1v) is 4.22. The molecule has 0 aliphatic rings. The van der Waals surface area contributed by atoms with Crippen LogP contribution in [0.1, 0.15) is 6.42 Å². The molecule has 0 saturated carbocycles. The molecule has 0 radical (unpaired) electrons. The summed E-state index contributed by atoms with van der Waals surface area (Å²) in [5, 5.41) is 52.2. The standard InChI is InChI=1S/C8H14O8/c1-2-6(9)16-4-3-5(7(10,11)12)8(13,14)15/h2,5,10-15H,1,3-4H2. The molecule has 0 aromatic carbocycles. The summed E-state index contributed by atoms with van der Waals surface area (Å²) >= 11 is 0. The molecule has 0 spiro atoms. The van der Waals surface area contributed by atoms with Crippen molar-refractivity contribution in [3.05, 3.63) is 12.7 Å². The van der Waals surface area contributed by atoms with Gasteiger partial charge in [-0.25, -0.2) is 4.79 Å². The minimum atomic E-state index is -3.53. The van der Waals surface area contributed by atoms with Crippen LogP contribution in [-0.2, 0) is 9.53 Å². The molecule has 94 valence electrons. The second kappa shape index (κ2) is 5.34. The Hall–Kier alpha value is -1.03. The van der Waals surface area contributed by atoms with E-state index in [1.54, 1.807) is 0 Å². The average molecular weight is 238 g/mol. The van der Waals surface area contributed by atoms with Gasteiger partial charge in [-0.2, -0.15) is 0 Å². The molecule has 0 heterocycles. The molecule has 0 aliphatic heterocycles.